The van der Waals surface area contributed by atoms with E-state index in [2.05, 4.69) is 63.5 Å². The summed E-state index contributed by atoms with van der Waals surface area (Å²) < 4.78 is 7.67. The van der Waals surface area contributed by atoms with E-state index in [-0.39, 0.29) is 0 Å². The molecule has 1 aliphatic carbocycles. The minimum absolute atomic E-state index is 0.490. The smallest absolute Gasteiger partial charge is 0.167 e. The standard InChI is InChI=1S/C21H20N4O/c1-14-6-8-15(9-7-14)18-13-21(26-23-18)16-10-11-20-19(12-16)22-24-25(20)17-4-2-3-5-17/h6-13,17H,2-5H2,1H3. The zero-order valence-electron chi connectivity index (χ0n) is 14.7. The highest BCUT2D eigenvalue weighted by atomic mass is 16.5. The molecule has 0 atom stereocenters. The van der Waals surface area contributed by atoms with Gasteiger partial charge in [-0.3, -0.25) is 0 Å². The van der Waals surface area contributed by atoms with E-state index in [1.807, 2.05) is 12.1 Å². The molecule has 26 heavy (non-hydrogen) atoms. The molecule has 5 nitrogen and oxygen atoms in total. The molecule has 2 heterocycles. The van der Waals surface area contributed by atoms with Crippen molar-refractivity contribution in [2.45, 2.75) is 38.6 Å². The molecule has 5 rings (SSSR count). The van der Waals surface area contributed by atoms with Gasteiger partial charge in [-0.05, 0) is 38.0 Å². The maximum atomic E-state index is 5.59. The lowest BCUT2D eigenvalue weighted by molar-refractivity contribution is 0.435. The highest BCUT2D eigenvalue weighted by Gasteiger charge is 2.20. The lowest BCUT2D eigenvalue weighted by Crippen LogP contribution is -2.06. The first-order valence-electron chi connectivity index (χ1n) is 9.17. The highest BCUT2D eigenvalue weighted by molar-refractivity contribution is 5.81. The van der Waals surface area contributed by atoms with Gasteiger partial charge < -0.3 is 4.52 Å². The Bertz CT molecular complexity index is 1060. The molecule has 0 amide bonds. The van der Waals surface area contributed by atoms with Crippen molar-refractivity contribution in [3.63, 3.8) is 0 Å². The van der Waals surface area contributed by atoms with Crippen molar-refractivity contribution >= 4 is 11.0 Å². The number of fused-ring (bicyclic) bond motifs is 1. The molecule has 0 unspecified atom stereocenters. The third-order valence-electron chi connectivity index (χ3n) is 5.28. The maximum absolute atomic E-state index is 5.59. The number of aromatic nitrogens is 4. The summed E-state index contributed by atoms with van der Waals surface area (Å²) in [4.78, 5) is 0. The summed E-state index contributed by atoms with van der Waals surface area (Å²) in [6.07, 6.45) is 4.96. The Labute approximate surface area is 151 Å². The topological polar surface area (TPSA) is 56.7 Å². The zero-order chi connectivity index (χ0) is 17.5. The fraction of sp³-hybridized carbons (Fsp3) is 0.286. The van der Waals surface area contributed by atoms with Crippen LogP contribution in [0, 0.1) is 6.92 Å². The zero-order valence-corrected chi connectivity index (χ0v) is 14.7. The minimum atomic E-state index is 0.490. The molecule has 0 radical (unpaired) electrons. The molecule has 0 spiro atoms. The second kappa shape index (κ2) is 6.09. The van der Waals surface area contributed by atoms with Gasteiger partial charge >= 0.3 is 0 Å². The molecule has 0 saturated heterocycles. The Morgan fingerprint density at radius 2 is 1.73 bits per heavy atom. The van der Waals surface area contributed by atoms with Crippen molar-refractivity contribution in [1.29, 1.82) is 0 Å². The third kappa shape index (κ3) is 2.60. The first-order chi connectivity index (χ1) is 12.8. The van der Waals surface area contributed by atoms with E-state index in [0.717, 1.165) is 33.6 Å². The number of rotatable bonds is 3. The average Bonchev–Trinajstić information content (AvgIpc) is 3.41. The molecular weight excluding hydrogens is 324 g/mol. The molecular formula is C21H20N4O. The van der Waals surface area contributed by atoms with Crippen LogP contribution in [-0.2, 0) is 0 Å². The largest absolute Gasteiger partial charge is 0.356 e. The van der Waals surface area contributed by atoms with Gasteiger partial charge in [-0.25, -0.2) is 4.68 Å². The lowest BCUT2D eigenvalue weighted by Gasteiger charge is -2.09. The molecule has 0 aliphatic heterocycles. The molecule has 1 saturated carbocycles. The van der Waals surface area contributed by atoms with Crippen molar-refractivity contribution < 1.29 is 4.52 Å². The van der Waals surface area contributed by atoms with E-state index in [0.29, 0.717) is 6.04 Å². The Hall–Kier alpha value is -2.95. The highest BCUT2D eigenvalue weighted by Crippen LogP contribution is 2.33. The predicted molar refractivity (Wildman–Crippen MR) is 101 cm³/mol. The van der Waals surface area contributed by atoms with Crippen molar-refractivity contribution in [3.05, 3.63) is 54.1 Å². The van der Waals surface area contributed by atoms with Crippen molar-refractivity contribution in [2.24, 2.45) is 0 Å². The van der Waals surface area contributed by atoms with E-state index in [9.17, 15) is 0 Å². The average molecular weight is 344 g/mol. The molecule has 130 valence electrons. The van der Waals surface area contributed by atoms with E-state index < -0.39 is 0 Å². The van der Waals surface area contributed by atoms with Gasteiger partial charge in [0.15, 0.2) is 5.76 Å². The fourth-order valence-electron chi connectivity index (χ4n) is 3.79. The number of hydrogen-bond acceptors (Lipinski definition) is 4. The molecule has 2 aromatic heterocycles. The van der Waals surface area contributed by atoms with Crippen molar-refractivity contribution in [3.8, 4) is 22.6 Å². The van der Waals surface area contributed by atoms with E-state index in [4.69, 9.17) is 4.52 Å². The van der Waals surface area contributed by atoms with Crippen LogP contribution in [0.5, 0.6) is 0 Å². The molecule has 2 aromatic carbocycles. The normalized spacial score (nSPS) is 15.1. The Balaban J connectivity index is 1.48. The van der Waals surface area contributed by atoms with Crippen LogP contribution in [0.15, 0.2) is 53.1 Å². The van der Waals surface area contributed by atoms with Gasteiger partial charge in [-0.2, -0.15) is 0 Å². The van der Waals surface area contributed by atoms with Crippen LogP contribution in [0.25, 0.3) is 33.6 Å². The lowest BCUT2D eigenvalue weighted by atomic mass is 10.1. The Morgan fingerprint density at radius 3 is 2.54 bits per heavy atom. The van der Waals surface area contributed by atoms with Gasteiger partial charge in [-0.15, -0.1) is 5.10 Å². The number of hydrogen-bond donors (Lipinski definition) is 0. The van der Waals surface area contributed by atoms with Gasteiger partial charge in [0.05, 0.1) is 11.6 Å². The van der Waals surface area contributed by atoms with Gasteiger partial charge in [-0.1, -0.05) is 53.0 Å². The Morgan fingerprint density at radius 1 is 0.962 bits per heavy atom. The van der Waals surface area contributed by atoms with Gasteiger partial charge in [0, 0.05) is 17.2 Å². The van der Waals surface area contributed by atoms with Gasteiger partial charge in [0.1, 0.15) is 11.2 Å². The number of benzene rings is 2. The van der Waals surface area contributed by atoms with Crippen LogP contribution in [0.4, 0.5) is 0 Å². The maximum Gasteiger partial charge on any atom is 0.167 e. The van der Waals surface area contributed by atoms with E-state index in [1.54, 1.807) is 0 Å². The molecule has 5 heteroatoms. The monoisotopic (exact) mass is 344 g/mol. The van der Waals surface area contributed by atoms with Crippen LogP contribution in [-0.4, -0.2) is 20.2 Å². The van der Waals surface area contributed by atoms with Gasteiger partial charge in [0.25, 0.3) is 0 Å². The quantitative estimate of drug-likeness (QED) is 0.514. The summed E-state index contributed by atoms with van der Waals surface area (Å²) in [7, 11) is 0. The molecule has 0 N–H and O–H groups in total. The van der Waals surface area contributed by atoms with Crippen LogP contribution in [0.3, 0.4) is 0 Å². The SMILES string of the molecule is Cc1ccc(-c2cc(-c3ccc4c(c3)nnn4C3CCCC3)on2)cc1. The van der Waals surface area contributed by atoms with Crippen molar-refractivity contribution in [1.82, 2.24) is 20.2 Å². The predicted octanol–water partition coefficient (Wildman–Crippen LogP) is 5.18. The minimum Gasteiger partial charge on any atom is -0.356 e. The summed E-state index contributed by atoms with van der Waals surface area (Å²) in [6, 6.07) is 17.0. The van der Waals surface area contributed by atoms with Crippen LogP contribution >= 0.6 is 0 Å². The molecule has 0 bridgehead atoms. The summed E-state index contributed by atoms with van der Waals surface area (Å²) in [5, 5.41) is 13.0. The first kappa shape index (κ1) is 15.3. The molecule has 4 aromatic rings. The fourth-order valence-corrected chi connectivity index (χ4v) is 3.79. The van der Waals surface area contributed by atoms with E-state index in [1.165, 1.54) is 31.2 Å². The van der Waals surface area contributed by atoms with Crippen molar-refractivity contribution in [2.75, 3.05) is 0 Å². The number of nitrogens with zero attached hydrogens (tertiary/aromatic N) is 4. The second-order valence-electron chi connectivity index (χ2n) is 7.12. The molecule has 1 fully saturated rings. The first-order valence-corrected chi connectivity index (χ1v) is 9.17. The summed E-state index contributed by atoms with van der Waals surface area (Å²) in [5.41, 5.74) is 6.10. The molecule has 1 aliphatic rings. The third-order valence-corrected chi connectivity index (χ3v) is 5.28. The number of aryl methyl sites for hydroxylation is 1. The second-order valence-corrected chi connectivity index (χ2v) is 7.12. The van der Waals surface area contributed by atoms with E-state index >= 15 is 0 Å². The van der Waals surface area contributed by atoms with Crippen LogP contribution < -0.4 is 0 Å². The Kier molecular flexibility index (Phi) is 3.59. The summed E-state index contributed by atoms with van der Waals surface area (Å²) in [6.45, 7) is 2.08. The van der Waals surface area contributed by atoms with Crippen LogP contribution in [0.1, 0.15) is 37.3 Å². The van der Waals surface area contributed by atoms with Crippen LogP contribution in [0.2, 0.25) is 0 Å². The van der Waals surface area contributed by atoms with Gasteiger partial charge in [0.2, 0.25) is 0 Å². The summed E-state index contributed by atoms with van der Waals surface area (Å²) in [5.74, 6) is 0.748. The summed E-state index contributed by atoms with van der Waals surface area (Å²) >= 11 is 0.